The van der Waals surface area contributed by atoms with Gasteiger partial charge in [0.15, 0.2) is 0 Å². The summed E-state index contributed by atoms with van der Waals surface area (Å²) in [4.78, 5) is 14.4. The summed E-state index contributed by atoms with van der Waals surface area (Å²) in [6.07, 6.45) is -0.00729. The van der Waals surface area contributed by atoms with Crippen LogP contribution in [0.25, 0.3) is 0 Å². The monoisotopic (exact) mass is 366 g/mol. The number of rotatable bonds is 5. The van der Waals surface area contributed by atoms with E-state index in [1.165, 1.54) is 0 Å². The summed E-state index contributed by atoms with van der Waals surface area (Å²) in [5.41, 5.74) is 0.968. The molecule has 1 heterocycles. The minimum atomic E-state index is -0.322. The summed E-state index contributed by atoms with van der Waals surface area (Å²) in [5, 5.41) is 3.68. The molecule has 0 saturated carbocycles. The molecule has 0 spiro atoms. The molecule has 0 bridgehead atoms. The van der Waals surface area contributed by atoms with E-state index in [0.717, 1.165) is 5.56 Å². The van der Waals surface area contributed by atoms with E-state index in [0.29, 0.717) is 23.9 Å². The van der Waals surface area contributed by atoms with E-state index in [1.807, 2.05) is 48.5 Å². The minimum absolute atomic E-state index is 0. The van der Waals surface area contributed by atoms with Gasteiger partial charge < -0.3 is 15.0 Å². The molecule has 6 heteroatoms. The van der Waals surface area contributed by atoms with E-state index in [9.17, 15) is 4.79 Å². The van der Waals surface area contributed by atoms with Crippen molar-refractivity contribution < 1.29 is 9.53 Å². The Bertz CT molecular complexity index is 676. The lowest BCUT2D eigenvalue weighted by atomic mass is 10.0. The Labute approximate surface area is 153 Å². The van der Waals surface area contributed by atoms with Crippen molar-refractivity contribution in [2.24, 2.45) is 0 Å². The second-order valence-electron chi connectivity index (χ2n) is 5.55. The van der Waals surface area contributed by atoms with Crippen LogP contribution >= 0.6 is 24.0 Å². The van der Waals surface area contributed by atoms with Gasteiger partial charge in [0, 0.05) is 0 Å². The Morgan fingerprint density at radius 1 is 1.17 bits per heavy atom. The number of hydrogen-bond acceptors (Lipinski definition) is 3. The second kappa shape index (κ2) is 8.38. The average molecular weight is 367 g/mol. The number of carbonyl (C=O) groups is 1. The molecule has 1 atom stereocenters. The standard InChI is InChI=1S/C18H19ClN2O2.ClH/c1-20-17(13-7-3-2-4-8-13)18(22)21-11-14(12-21)23-16-10-6-5-9-15(16)19;/h2-10,14,17,20H,11-12H2,1H3;1H. The first-order valence-corrected chi connectivity index (χ1v) is 7.99. The van der Waals surface area contributed by atoms with E-state index in [1.54, 1.807) is 18.0 Å². The van der Waals surface area contributed by atoms with Crippen LogP contribution in [-0.2, 0) is 4.79 Å². The number of amides is 1. The quantitative estimate of drug-likeness (QED) is 0.882. The molecule has 24 heavy (non-hydrogen) atoms. The van der Waals surface area contributed by atoms with Crippen LogP contribution in [0.15, 0.2) is 54.6 Å². The van der Waals surface area contributed by atoms with Gasteiger partial charge in [0.1, 0.15) is 17.9 Å². The summed E-state index contributed by atoms with van der Waals surface area (Å²) in [7, 11) is 1.80. The van der Waals surface area contributed by atoms with Crippen molar-refractivity contribution in [1.82, 2.24) is 10.2 Å². The largest absolute Gasteiger partial charge is 0.485 e. The highest BCUT2D eigenvalue weighted by molar-refractivity contribution is 6.32. The van der Waals surface area contributed by atoms with Gasteiger partial charge in [-0.1, -0.05) is 54.1 Å². The van der Waals surface area contributed by atoms with Crippen molar-refractivity contribution >= 4 is 29.9 Å². The summed E-state index contributed by atoms with van der Waals surface area (Å²) in [5.74, 6) is 0.734. The number of likely N-dealkylation sites (tertiary alicyclic amines) is 1. The molecule has 0 aromatic heterocycles. The fourth-order valence-electron chi connectivity index (χ4n) is 2.67. The molecule has 1 fully saturated rings. The van der Waals surface area contributed by atoms with E-state index >= 15 is 0 Å². The number of hydrogen-bond donors (Lipinski definition) is 1. The predicted octanol–water partition coefficient (Wildman–Crippen LogP) is 3.31. The van der Waals surface area contributed by atoms with Gasteiger partial charge in [-0.15, -0.1) is 12.4 Å². The first kappa shape index (κ1) is 18.6. The lowest BCUT2D eigenvalue weighted by Gasteiger charge is -2.40. The summed E-state index contributed by atoms with van der Waals surface area (Å²) in [6.45, 7) is 1.16. The van der Waals surface area contributed by atoms with Crippen LogP contribution in [-0.4, -0.2) is 37.0 Å². The van der Waals surface area contributed by atoms with Crippen molar-refractivity contribution in [3.63, 3.8) is 0 Å². The SMILES string of the molecule is CNC(C(=O)N1CC(Oc2ccccc2Cl)C1)c1ccccc1.Cl. The molecule has 1 N–H and O–H groups in total. The molecule has 3 rings (SSSR count). The van der Waals surface area contributed by atoms with E-state index in [-0.39, 0.29) is 30.5 Å². The number of benzene rings is 2. The van der Waals surface area contributed by atoms with Gasteiger partial charge in [-0.05, 0) is 24.7 Å². The summed E-state index contributed by atoms with van der Waals surface area (Å²) < 4.78 is 5.83. The van der Waals surface area contributed by atoms with Gasteiger partial charge in [0.2, 0.25) is 5.91 Å². The maximum Gasteiger partial charge on any atom is 0.244 e. The van der Waals surface area contributed by atoms with Crippen LogP contribution in [0, 0.1) is 0 Å². The van der Waals surface area contributed by atoms with Crippen LogP contribution in [0.3, 0.4) is 0 Å². The summed E-state index contributed by atoms with van der Waals surface area (Å²) >= 11 is 6.09. The van der Waals surface area contributed by atoms with Crippen molar-refractivity contribution in [3.05, 3.63) is 65.2 Å². The van der Waals surface area contributed by atoms with Crippen molar-refractivity contribution in [1.29, 1.82) is 0 Å². The molecule has 1 amide bonds. The predicted molar refractivity (Wildman–Crippen MR) is 97.9 cm³/mol. The van der Waals surface area contributed by atoms with Crippen molar-refractivity contribution in [3.8, 4) is 5.75 Å². The maximum atomic E-state index is 12.6. The minimum Gasteiger partial charge on any atom is -0.485 e. The van der Waals surface area contributed by atoms with Gasteiger partial charge in [-0.2, -0.15) is 0 Å². The Hall–Kier alpha value is -1.75. The highest BCUT2D eigenvalue weighted by atomic mass is 35.5. The zero-order valence-electron chi connectivity index (χ0n) is 13.3. The molecule has 1 aliphatic heterocycles. The Balaban J connectivity index is 0.00000208. The van der Waals surface area contributed by atoms with Gasteiger partial charge >= 0.3 is 0 Å². The lowest BCUT2D eigenvalue weighted by Crippen LogP contribution is -2.58. The first-order chi connectivity index (χ1) is 11.2. The Morgan fingerprint density at radius 2 is 1.79 bits per heavy atom. The molecule has 1 unspecified atom stereocenters. The zero-order chi connectivity index (χ0) is 16.2. The van der Waals surface area contributed by atoms with E-state index in [2.05, 4.69) is 5.32 Å². The average Bonchev–Trinajstić information content (AvgIpc) is 2.53. The molecule has 0 radical (unpaired) electrons. The number of likely N-dealkylation sites (N-methyl/N-ethyl adjacent to an activating group) is 1. The van der Waals surface area contributed by atoms with Gasteiger partial charge in [0.05, 0.1) is 18.1 Å². The van der Waals surface area contributed by atoms with E-state index < -0.39 is 0 Å². The third-order valence-corrected chi connectivity index (χ3v) is 4.27. The second-order valence-corrected chi connectivity index (χ2v) is 5.95. The number of carbonyl (C=O) groups excluding carboxylic acids is 1. The highest BCUT2D eigenvalue weighted by Gasteiger charge is 2.36. The van der Waals surface area contributed by atoms with Gasteiger partial charge in [-0.3, -0.25) is 4.79 Å². The van der Waals surface area contributed by atoms with Crippen LogP contribution < -0.4 is 10.1 Å². The molecule has 1 saturated heterocycles. The number of nitrogens with zero attached hydrogens (tertiary/aromatic N) is 1. The molecular formula is C18H20Cl2N2O2. The topological polar surface area (TPSA) is 41.6 Å². The number of halogens is 2. The van der Waals surface area contributed by atoms with Crippen LogP contribution in [0.4, 0.5) is 0 Å². The lowest BCUT2D eigenvalue weighted by molar-refractivity contribution is -0.142. The number of ether oxygens (including phenoxy) is 1. The smallest absolute Gasteiger partial charge is 0.244 e. The number of para-hydroxylation sites is 1. The van der Waals surface area contributed by atoms with Crippen LogP contribution in [0.2, 0.25) is 5.02 Å². The van der Waals surface area contributed by atoms with Crippen LogP contribution in [0.1, 0.15) is 11.6 Å². The summed E-state index contributed by atoms with van der Waals surface area (Å²) in [6, 6.07) is 16.8. The van der Waals surface area contributed by atoms with Gasteiger partial charge in [0.25, 0.3) is 0 Å². The molecule has 1 aliphatic rings. The third kappa shape index (κ3) is 4.01. The molecule has 2 aromatic carbocycles. The molecule has 4 nitrogen and oxygen atoms in total. The fourth-order valence-corrected chi connectivity index (χ4v) is 2.85. The molecule has 128 valence electrons. The Morgan fingerprint density at radius 3 is 2.42 bits per heavy atom. The molecule has 0 aliphatic carbocycles. The van der Waals surface area contributed by atoms with Gasteiger partial charge in [-0.25, -0.2) is 0 Å². The van der Waals surface area contributed by atoms with Crippen molar-refractivity contribution in [2.45, 2.75) is 12.1 Å². The third-order valence-electron chi connectivity index (χ3n) is 3.96. The Kier molecular flexibility index (Phi) is 6.49. The normalized spacial score (nSPS) is 15.2. The highest BCUT2D eigenvalue weighted by Crippen LogP contribution is 2.27. The zero-order valence-corrected chi connectivity index (χ0v) is 14.9. The van der Waals surface area contributed by atoms with Crippen LogP contribution in [0.5, 0.6) is 5.75 Å². The maximum absolute atomic E-state index is 12.6. The molecule has 2 aromatic rings. The number of nitrogens with one attached hydrogen (secondary N) is 1. The first-order valence-electron chi connectivity index (χ1n) is 7.61. The van der Waals surface area contributed by atoms with E-state index in [4.69, 9.17) is 16.3 Å². The molecular weight excluding hydrogens is 347 g/mol. The fraction of sp³-hybridized carbons (Fsp3) is 0.278. The van der Waals surface area contributed by atoms with Crippen molar-refractivity contribution in [2.75, 3.05) is 20.1 Å².